The lowest BCUT2D eigenvalue weighted by Crippen LogP contribution is -2.10. The Morgan fingerprint density at radius 3 is 1.77 bits per heavy atom. The number of benzene rings is 1. The van der Waals surface area contributed by atoms with Gasteiger partial charge in [-0.05, 0) is 30.0 Å². The minimum absolute atomic E-state index is 0.0462. The van der Waals surface area contributed by atoms with Crippen molar-refractivity contribution in [3.8, 4) is 11.5 Å². The van der Waals surface area contributed by atoms with E-state index in [0.717, 1.165) is 5.56 Å². The fourth-order valence-electron chi connectivity index (χ4n) is 1.07. The molecule has 0 bridgehead atoms. The van der Waals surface area contributed by atoms with Gasteiger partial charge in [0, 0.05) is 5.56 Å². The van der Waals surface area contributed by atoms with E-state index in [1.807, 2.05) is 20.8 Å². The van der Waals surface area contributed by atoms with Gasteiger partial charge in [0.05, 0.1) is 0 Å². The van der Waals surface area contributed by atoms with E-state index in [4.69, 9.17) is 0 Å². The van der Waals surface area contributed by atoms with Crippen LogP contribution in [0.2, 0.25) is 0 Å². The molecule has 13 heavy (non-hydrogen) atoms. The van der Waals surface area contributed by atoms with Gasteiger partial charge in [0.25, 0.3) is 0 Å². The minimum Gasteiger partial charge on any atom is -0.508 e. The largest absolute Gasteiger partial charge is 0.508 e. The zero-order valence-corrected chi connectivity index (χ0v) is 8.26. The van der Waals surface area contributed by atoms with Crippen molar-refractivity contribution >= 4 is 0 Å². The summed E-state index contributed by atoms with van der Waals surface area (Å²) >= 11 is 0. The van der Waals surface area contributed by atoms with Crippen molar-refractivity contribution in [1.82, 2.24) is 0 Å². The van der Waals surface area contributed by atoms with Gasteiger partial charge in [-0.25, -0.2) is 0 Å². The molecule has 1 radical (unpaired) electrons. The van der Waals surface area contributed by atoms with Gasteiger partial charge in [-0.15, -0.1) is 0 Å². The molecule has 0 unspecified atom stereocenters. The summed E-state index contributed by atoms with van der Waals surface area (Å²) in [5.74, 6) is 0.0925. The van der Waals surface area contributed by atoms with Gasteiger partial charge in [0.15, 0.2) is 0 Å². The number of hydrogen-bond donors (Lipinski definition) is 2. The topological polar surface area (TPSA) is 40.5 Å². The monoisotopic (exact) mass is 179 g/mol. The Balaban J connectivity index is 3.29. The molecule has 71 valence electrons. The molecule has 0 aliphatic rings. The third-order valence-electron chi connectivity index (χ3n) is 2.07. The fraction of sp³-hybridized carbons (Fsp3) is 0.364. The number of rotatable bonds is 0. The number of aromatic hydroxyl groups is 2. The van der Waals surface area contributed by atoms with Crippen molar-refractivity contribution in [1.29, 1.82) is 0 Å². The van der Waals surface area contributed by atoms with E-state index in [1.54, 1.807) is 12.1 Å². The van der Waals surface area contributed by atoms with Gasteiger partial charge in [-0.3, -0.25) is 0 Å². The van der Waals surface area contributed by atoms with Crippen LogP contribution in [-0.2, 0) is 5.41 Å². The first-order valence-electron chi connectivity index (χ1n) is 4.21. The zero-order chi connectivity index (χ0) is 10.2. The van der Waals surface area contributed by atoms with Crippen molar-refractivity contribution in [2.45, 2.75) is 26.2 Å². The highest BCUT2D eigenvalue weighted by atomic mass is 16.3. The lowest BCUT2D eigenvalue weighted by molar-refractivity contribution is 0.440. The van der Waals surface area contributed by atoms with Crippen LogP contribution in [0.15, 0.2) is 12.1 Å². The molecule has 0 amide bonds. The van der Waals surface area contributed by atoms with E-state index >= 15 is 0 Å². The molecule has 2 nitrogen and oxygen atoms in total. The number of hydrogen-bond acceptors (Lipinski definition) is 2. The predicted octanol–water partition coefficient (Wildman–Crippen LogP) is 2.58. The van der Waals surface area contributed by atoms with Gasteiger partial charge in [-0.2, -0.15) is 0 Å². The Labute approximate surface area is 78.8 Å². The second kappa shape index (κ2) is 2.95. The van der Waals surface area contributed by atoms with Crippen LogP contribution in [0.4, 0.5) is 0 Å². The molecule has 1 rings (SSSR count). The molecule has 1 aromatic carbocycles. The zero-order valence-electron chi connectivity index (χ0n) is 8.26. The third-order valence-corrected chi connectivity index (χ3v) is 2.07. The maximum Gasteiger partial charge on any atom is 0.122 e. The molecule has 0 atom stereocenters. The van der Waals surface area contributed by atoms with Gasteiger partial charge in [0.1, 0.15) is 11.5 Å². The van der Waals surface area contributed by atoms with Gasteiger partial charge >= 0.3 is 0 Å². The van der Waals surface area contributed by atoms with Crippen LogP contribution in [0.3, 0.4) is 0 Å². The number of phenols is 2. The molecule has 0 aliphatic carbocycles. The summed E-state index contributed by atoms with van der Waals surface area (Å²) in [6.07, 6.45) is 0. The van der Waals surface area contributed by atoms with E-state index < -0.39 is 0 Å². The Morgan fingerprint density at radius 2 is 1.46 bits per heavy atom. The van der Waals surface area contributed by atoms with Gasteiger partial charge in [-0.1, -0.05) is 20.8 Å². The molecular formula is C11H15O2. The third kappa shape index (κ3) is 1.94. The van der Waals surface area contributed by atoms with Crippen molar-refractivity contribution < 1.29 is 10.2 Å². The predicted molar refractivity (Wildman–Crippen MR) is 52.9 cm³/mol. The molecule has 0 saturated carbocycles. The van der Waals surface area contributed by atoms with Crippen molar-refractivity contribution in [2.75, 3.05) is 0 Å². The Kier molecular flexibility index (Phi) is 2.24. The molecule has 1 aromatic rings. The average Bonchev–Trinajstić information content (AvgIpc) is 1.97. The highest BCUT2D eigenvalue weighted by Gasteiger charge is 2.16. The van der Waals surface area contributed by atoms with Crippen molar-refractivity contribution in [3.63, 3.8) is 0 Å². The Hall–Kier alpha value is -1.18. The molecule has 0 spiro atoms. The molecular weight excluding hydrogens is 164 g/mol. The molecule has 0 saturated heterocycles. The summed E-state index contributed by atoms with van der Waals surface area (Å²) in [6, 6.07) is 3.28. The van der Waals surface area contributed by atoms with Crippen LogP contribution in [0, 0.1) is 6.92 Å². The van der Waals surface area contributed by atoms with Crippen molar-refractivity contribution in [2.24, 2.45) is 0 Å². The Bertz CT molecular complexity index is 298. The summed E-state index contributed by atoms with van der Waals surface area (Å²) in [5.41, 5.74) is 1.10. The van der Waals surface area contributed by atoms with Crippen LogP contribution < -0.4 is 0 Å². The lowest BCUT2D eigenvalue weighted by Gasteiger charge is -2.20. The SMILES string of the molecule is [CH2]c1c(O)cc(C(C)(C)C)cc1O. The maximum absolute atomic E-state index is 9.42. The molecule has 0 aromatic heterocycles. The van der Waals surface area contributed by atoms with Crippen LogP contribution in [0.5, 0.6) is 11.5 Å². The van der Waals surface area contributed by atoms with E-state index in [9.17, 15) is 10.2 Å². The van der Waals surface area contributed by atoms with E-state index in [1.165, 1.54) is 0 Å². The highest BCUT2D eigenvalue weighted by molar-refractivity contribution is 5.49. The van der Waals surface area contributed by atoms with Crippen LogP contribution in [0.1, 0.15) is 31.9 Å². The molecule has 2 N–H and O–H groups in total. The standard InChI is InChI=1S/C11H15O2/c1-7-9(12)5-8(6-10(7)13)11(2,3)4/h5-6,12-13H,1H2,2-4H3. The van der Waals surface area contributed by atoms with Crippen LogP contribution >= 0.6 is 0 Å². The summed E-state index contributed by atoms with van der Waals surface area (Å²) < 4.78 is 0. The van der Waals surface area contributed by atoms with E-state index in [2.05, 4.69) is 6.92 Å². The summed E-state index contributed by atoms with van der Waals surface area (Å²) in [7, 11) is 0. The first kappa shape index (κ1) is 9.90. The fourth-order valence-corrected chi connectivity index (χ4v) is 1.07. The minimum atomic E-state index is -0.0807. The lowest BCUT2D eigenvalue weighted by atomic mass is 9.86. The second-order valence-corrected chi connectivity index (χ2v) is 4.24. The van der Waals surface area contributed by atoms with E-state index in [0.29, 0.717) is 0 Å². The molecule has 2 heteroatoms. The normalized spacial score (nSPS) is 11.7. The van der Waals surface area contributed by atoms with Crippen molar-refractivity contribution in [3.05, 3.63) is 30.2 Å². The smallest absolute Gasteiger partial charge is 0.122 e. The van der Waals surface area contributed by atoms with Crippen LogP contribution in [0.25, 0.3) is 0 Å². The first-order chi connectivity index (χ1) is 5.82. The highest BCUT2D eigenvalue weighted by Crippen LogP contribution is 2.33. The summed E-state index contributed by atoms with van der Waals surface area (Å²) in [6.45, 7) is 9.60. The first-order valence-corrected chi connectivity index (χ1v) is 4.21. The summed E-state index contributed by atoms with van der Waals surface area (Å²) in [5, 5.41) is 18.8. The average molecular weight is 179 g/mol. The summed E-state index contributed by atoms with van der Waals surface area (Å²) in [4.78, 5) is 0. The van der Waals surface area contributed by atoms with Crippen LogP contribution in [-0.4, -0.2) is 10.2 Å². The van der Waals surface area contributed by atoms with Gasteiger partial charge < -0.3 is 10.2 Å². The van der Waals surface area contributed by atoms with E-state index in [-0.39, 0.29) is 22.5 Å². The molecule has 0 fully saturated rings. The molecule has 0 aliphatic heterocycles. The second-order valence-electron chi connectivity index (χ2n) is 4.24. The maximum atomic E-state index is 9.42. The van der Waals surface area contributed by atoms with Gasteiger partial charge in [0.2, 0.25) is 0 Å². The number of phenolic OH excluding ortho intramolecular Hbond substituents is 2. The Morgan fingerprint density at radius 1 is 1.08 bits per heavy atom. The molecule has 0 heterocycles. The quantitative estimate of drug-likeness (QED) is 0.642.